The molecule has 2 heterocycles. The van der Waals surface area contributed by atoms with Gasteiger partial charge in [-0.05, 0) is 31.5 Å². The van der Waals surface area contributed by atoms with Gasteiger partial charge in [0.15, 0.2) is 17.5 Å². The Hall–Kier alpha value is -2.80. The Morgan fingerprint density at radius 2 is 1.83 bits per heavy atom. The Morgan fingerprint density at radius 1 is 1.09 bits per heavy atom. The van der Waals surface area contributed by atoms with Crippen LogP contribution in [0.2, 0.25) is 5.02 Å². The molecule has 0 aliphatic rings. The number of hydrogen-bond donors (Lipinski definition) is 3. The Labute approximate surface area is 137 Å². The number of nitrogens with zero attached hydrogens (tertiary/aromatic N) is 3. The van der Waals surface area contributed by atoms with Crippen LogP contribution in [0.1, 0.15) is 11.3 Å². The van der Waals surface area contributed by atoms with Gasteiger partial charge in [-0.1, -0.05) is 22.8 Å². The lowest BCUT2D eigenvalue weighted by atomic mass is 10.2. The first kappa shape index (κ1) is 15.1. The molecule has 4 N–H and O–H groups in total. The van der Waals surface area contributed by atoms with E-state index in [0.717, 1.165) is 11.3 Å². The molecule has 0 amide bonds. The van der Waals surface area contributed by atoms with Crippen LogP contribution < -0.4 is 16.4 Å². The summed E-state index contributed by atoms with van der Waals surface area (Å²) in [5.74, 6) is 2.13. The zero-order chi connectivity index (χ0) is 16.4. The summed E-state index contributed by atoms with van der Waals surface area (Å²) < 4.78 is 5.00. The van der Waals surface area contributed by atoms with Crippen LogP contribution in [0, 0.1) is 13.8 Å². The van der Waals surface area contributed by atoms with Gasteiger partial charge in [0, 0.05) is 16.8 Å². The van der Waals surface area contributed by atoms with Crippen LogP contribution in [0.5, 0.6) is 0 Å². The molecule has 0 aliphatic heterocycles. The van der Waals surface area contributed by atoms with Crippen LogP contribution >= 0.6 is 11.6 Å². The molecule has 0 saturated carbocycles. The van der Waals surface area contributed by atoms with Crippen molar-refractivity contribution in [2.24, 2.45) is 0 Å². The summed E-state index contributed by atoms with van der Waals surface area (Å²) in [5.41, 5.74) is 8.26. The summed E-state index contributed by atoms with van der Waals surface area (Å²) >= 11 is 6.13. The summed E-state index contributed by atoms with van der Waals surface area (Å²) in [6, 6.07) is 7.37. The van der Waals surface area contributed by atoms with E-state index in [1.54, 1.807) is 13.0 Å². The fourth-order valence-corrected chi connectivity index (χ4v) is 2.13. The van der Waals surface area contributed by atoms with Gasteiger partial charge in [-0.15, -0.1) is 0 Å². The van der Waals surface area contributed by atoms with Crippen molar-refractivity contribution in [3.63, 3.8) is 0 Å². The normalized spacial score (nSPS) is 10.6. The molecule has 0 spiro atoms. The summed E-state index contributed by atoms with van der Waals surface area (Å²) in [5, 5.41) is 10.6. The number of aromatic nitrogens is 3. The molecule has 0 radical (unpaired) electrons. The Balaban J connectivity index is 1.85. The summed E-state index contributed by atoms with van der Waals surface area (Å²) in [4.78, 5) is 8.28. The molecule has 0 atom stereocenters. The van der Waals surface area contributed by atoms with Crippen molar-refractivity contribution in [3.05, 3.63) is 46.9 Å². The van der Waals surface area contributed by atoms with E-state index in [-0.39, 0.29) is 0 Å². The molecule has 0 unspecified atom stereocenters. The number of hydrogen-bond acceptors (Lipinski definition) is 7. The maximum Gasteiger partial charge on any atom is 0.175 e. The molecule has 118 valence electrons. The van der Waals surface area contributed by atoms with Crippen molar-refractivity contribution in [2.45, 2.75) is 13.8 Å². The van der Waals surface area contributed by atoms with Crippen molar-refractivity contribution in [2.75, 3.05) is 16.4 Å². The molecule has 23 heavy (non-hydrogen) atoms. The molecule has 2 aromatic heterocycles. The third-order valence-electron chi connectivity index (χ3n) is 3.19. The fraction of sp³-hybridized carbons (Fsp3) is 0.133. The second kappa shape index (κ2) is 6.13. The van der Waals surface area contributed by atoms with Crippen LogP contribution in [0.15, 0.2) is 35.1 Å². The summed E-state index contributed by atoms with van der Waals surface area (Å²) in [6.45, 7) is 3.74. The molecule has 7 nitrogen and oxygen atoms in total. The van der Waals surface area contributed by atoms with Crippen LogP contribution in [0.4, 0.5) is 28.8 Å². The van der Waals surface area contributed by atoms with Gasteiger partial charge in [-0.2, -0.15) is 0 Å². The molecule has 3 aromatic rings. The molecule has 3 rings (SSSR count). The number of rotatable bonds is 4. The van der Waals surface area contributed by atoms with Crippen LogP contribution in [0.25, 0.3) is 0 Å². The maximum absolute atomic E-state index is 6.13. The van der Waals surface area contributed by atoms with Crippen LogP contribution in [-0.4, -0.2) is 15.1 Å². The summed E-state index contributed by atoms with van der Waals surface area (Å²) in [6.07, 6.45) is 1.41. The number of nitrogens with one attached hydrogen (secondary N) is 2. The quantitative estimate of drug-likeness (QED) is 0.668. The fourth-order valence-electron chi connectivity index (χ4n) is 1.95. The van der Waals surface area contributed by atoms with Crippen LogP contribution in [-0.2, 0) is 0 Å². The van der Waals surface area contributed by atoms with Gasteiger partial charge in [0.25, 0.3) is 0 Å². The Morgan fingerprint density at radius 3 is 2.48 bits per heavy atom. The van der Waals surface area contributed by atoms with E-state index in [9.17, 15) is 0 Å². The zero-order valence-corrected chi connectivity index (χ0v) is 13.3. The third-order valence-corrected chi connectivity index (χ3v) is 3.60. The van der Waals surface area contributed by atoms with E-state index in [0.29, 0.717) is 33.9 Å². The first-order valence-electron chi connectivity index (χ1n) is 6.87. The Bertz CT molecular complexity index is 848. The highest BCUT2D eigenvalue weighted by Gasteiger charge is 2.11. The lowest BCUT2D eigenvalue weighted by molar-refractivity contribution is 0.400. The number of aryl methyl sites for hydroxylation is 2. The van der Waals surface area contributed by atoms with Crippen molar-refractivity contribution < 1.29 is 4.52 Å². The number of nitrogens with two attached hydrogens (primary N) is 1. The van der Waals surface area contributed by atoms with E-state index >= 15 is 0 Å². The lowest BCUT2D eigenvalue weighted by Gasteiger charge is -2.12. The molecular formula is C15H15ClN6O. The number of anilines is 5. The minimum Gasteiger partial charge on any atom is -0.393 e. The first-order chi connectivity index (χ1) is 11.0. The standard InChI is InChI=1S/C15H15ClN6O/c1-8-3-4-10(6-11(8)16)20-14-13(17)15(19-7-18-14)21-12-5-9(2)23-22-12/h3-7H,17H2,1-2H3,(H2,18,19,20,21,22). The van der Waals surface area contributed by atoms with Gasteiger partial charge >= 0.3 is 0 Å². The highest BCUT2D eigenvalue weighted by Crippen LogP contribution is 2.29. The van der Waals surface area contributed by atoms with Gasteiger partial charge < -0.3 is 20.9 Å². The molecule has 0 aliphatic carbocycles. The first-order valence-corrected chi connectivity index (χ1v) is 7.24. The second-order valence-corrected chi connectivity index (χ2v) is 5.43. The highest BCUT2D eigenvalue weighted by atomic mass is 35.5. The number of nitrogen functional groups attached to an aromatic ring is 1. The van der Waals surface area contributed by atoms with E-state index < -0.39 is 0 Å². The minimum absolute atomic E-state index is 0.366. The predicted octanol–water partition coefficient (Wildman–Crippen LogP) is 3.80. The largest absolute Gasteiger partial charge is 0.393 e. The van der Waals surface area contributed by atoms with Crippen LogP contribution in [0.3, 0.4) is 0 Å². The predicted molar refractivity (Wildman–Crippen MR) is 90.4 cm³/mol. The minimum atomic E-state index is 0.366. The zero-order valence-electron chi connectivity index (χ0n) is 12.6. The van der Waals surface area contributed by atoms with E-state index in [1.807, 2.05) is 25.1 Å². The van der Waals surface area contributed by atoms with E-state index in [1.165, 1.54) is 6.33 Å². The average molecular weight is 331 g/mol. The van der Waals surface area contributed by atoms with Gasteiger partial charge in [-0.3, -0.25) is 0 Å². The molecule has 1 aromatic carbocycles. The molecule has 0 saturated heterocycles. The monoisotopic (exact) mass is 330 g/mol. The van der Waals surface area contributed by atoms with Crippen molar-refractivity contribution in [1.82, 2.24) is 15.1 Å². The highest BCUT2D eigenvalue weighted by molar-refractivity contribution is 6.31. The lowest BCUT2D eigenvalue weighted by Crippen LogP contribution is -2.05. The average Bonchev–Trinajstić information content (AvgIpc) is 2.92. The molecule has 8 heteroatoms. The molecular weight excluding hydrogens is 316 g/mol. The SMILES string of the molecule is Cc1cc(Nc2ncnc(Nc3ccc(C)c(Cl)c3)c2N)no1. The second-order valence-electron chi connectivity index (χ2n) is 5.02. The number of halogens is 1. The van der Waals surface area contributed by atoms with E-state index in [2.05, 4.69) is 25.8 Å². The third kappa shape index (κ3) is 3.35. The number of benzene rings is 1. The van der Waals surface area contributed by atoms with Crippen molar-refractivity contribution >= 4 is 40.4 Å². The van der Waals surface area contributed by atoms with Gasteiger partial charge in [0.05, 0.1) is 0 Å². The topological polar surface area (TPSA) is 102 Å². The van der Waals surface area contributed by atoms with Gasteiger partial charge in [0.2, 0.25) is 0 Å². The molecule has 0 fully saturated rings. The van der Waals surface area contributed by atoms with Crippen molar-refractivity contribution in [1.29, 1.82) is 0 Å². The smallest absolute Gasteiger partial charge is 0.175 e. The maximum atomic E-state index is 6.13. The van der Waals surface area contributed by atoms with Gasteiger partial charge in [-0.25, -0.2) is 9.97 Å². The van der Waals surface area contributed by atoms with Gasteiger partial charge in [0.1, 0.15) is 17.8 Å². The van der Waals surface area contributed by atoms with Crippen molar-refractivity contribution in [3.8, 4) is 0 Å². The molecule has 0 bridgehead atoms. The Kier molecular flexibility index (Phi) is 4.03. The summed E-state index contributed by atoms with van der Waals surface area (Å²) in [7, 11) is 0. The van der Waals surface area contributed by atoms with E-state index in [4.69, 9.17) is 21.9 Å².